The summed E-state index contributed by atoms with van der Waals surface area (Å²) in [6, 6.07) is 16.2. The Kier molecular flexibility index (Phi) is 7.22. The van der Waals surface area contributed by atoms with Gasteiger partial charge in [-0.15, -0.1) is 0 Å². The summed E-state index contributed by atoms with van der Waals surface area (Å²) in [7, 11) is 1.62. The topological polar surface area (TPSA) is 45.2 Å². The molecule has 0 spiro atoms. The Morgan fingerprint density at radius 1 is 1.03 bits per heavy atom. The number of amides is 1. The van der Waals surface area contributed by atoms with Crippen molar-refractivity contribution >= 4 is 5.91 Å². The molecule has 2 fully saturated rings. The molecule has 0 N–H and O–H groups in total. The van der Waals surface area contributed by atoms with Crippen LogP contribution in [0.2, 0.25) is 0 Å². The highest BCUT2D eigenvalue weighted by Crippen LogP contribution is 2.17. The first-order valence-corrected chi connectivity index (χ1v) is 11.2. The Hall–Kier alpha value is -2.41. The number of methoxy groups -OCH3 is 1. The molecule has 0 bridgehead atoms. The van der Waals surface area contributed by atoms with Crippen LogP contribution in [-0.4, -0.2) is 86.2 Å². The number of rotatable bonds is 6. The zero-order valence-corrected chi connectivity index (χ0v) is 18.6. The van der Waals surface area contributed by atoms with E-state index in [0.29, 0.717) is 11.3 Å². The second kappa shape index (κ2) is 10.3. The van der Waals surface area contributed by atoms with Gasteiger partial charge in [0.1, 0.15) is 5.75 Å². The highest BCUT2D eigenvalue weighted by atomic mass is 16.5. The van der Waals surface area contributed by atoms with Crippen molar-refractivity contribution in [2.24, 2.45) is 0 Å². The summed E-state index contributed by atoms with van der Waals surface area (Å²) in [4.78, 5) is 19.7. The van der Waals surface area contributed by atoms with E-state index >= 15 is 0 Å². The lowest BCUT2D eigenvalue weighted by atomic mass is 10.1. The molecule has 0 aromatic heterocycles. The van der Waals surface area contributed by atoms with Gasteiger partial charge in [-0.25, -0.2) is 0 Å². The lowest BCUT2D eigenvalue weighted by molar-refractivity contribution is -0.0497. The number of ether oxygens (including phenoxy) is 2. The molecule has 31 heavy (non-hydrogen) atoms. The van der Waals surface area contributed by atoms with Crippen LogP contribution >= 0.6 is 0 Å². The maximum absolute atomic E-state index is 12.8. The largest absolute Gasteiger partial charge is 0.497 e. The van der Waals surface area contributed by atoms with Crippen LogP contribution in [0.3, 0.4) is 0 Å². The first kappa shape index (κ1) is 21.8. The zero-order valence-electron chi connectivity index (χ0n) is 18.6. The molecule has 1 unspecified atom stereocenters. The Balaban J connectivity index is 1.24. The van der Waals surface area contributed by atoms with Crippen LogP contribution in [-0.2, 0) is 11.3 Å². The zero-order chi connectivity index (χ0) is 21.6. The summed E-state index contributed by atoms with van der Waals surface area (Å²) in [6.45, 7) is 9.99. The highest BCUT2D eigenvalue weighted by Gasteiger charge is 2.27. The molecule has 6 heteroatoms. The molecular weight excluding hydrogens is 390 g/mol. The van der Waals surface area contributed by atoms with Gasteiger partial charge in [0.2, 0.25) is 0 Å². The second-order valence-electron chi connectivity index (χ2n) is 8.54. The third kappa shape index (κ3) is 5.85. The summed E-state index contributed by atoms with van der Waals surface area (Å²) in [5.41, 5.74) is 3.35. The minimum Gasteiger partial charge on any atom is -0.497 e. The van der Waals surface area contributed by atoms with Gasteiger partial charge in [0.15, 0.2) is 0 Å². The van der Waals surface area contributed by atoms with Crippen molar-refractivity contribution in [2.45, 2.75) is 19.6 Å². The number of carbonyl (C=O) groups is 1. The van der Waals surface area contributed by atoms with E-state index < -0.39 is 0 Å². The standard InChI is InChI=1S/C25H33N3O3/c1-20-6-8-21(9-7-20)17-27-14-15-31-24(19-27)18-26-10-12-28(13-11-26)25(29)22-4-3-5-23(16-22)30-2/h3-9,16,24H,10-15,17-19H2,1-2H3. The van der Waals surface area contributed by atoms with Gasteiger partial charge < -0.3 is 14.4 Å². The first-order chi connectivity index (χ1) is 15.1. The van der Waals surface area contributed by atoms with Crippen LogP contribution in [0.1, 0.15) is 21.5 Å². The summed E-state index contributed by atoms with van der Waals surface area (Å²) in [5, 5.41) is 0. The quantitative estimate of drug-likeness (QED) is 0.715. The number of aryl methyl sites for hydroxylation is 1. The van der Waals surface area contributed by atoms with E-state index in [1.165, 1.54) is 11.1 Å². The van der Waals surface area contributed by atoms with Crippen molar-refractivity contribution in [2.75, 3.05) is 59.5 Å². The van der Waals surface area contributed by atoms with E-state index in [-0.39, 0.29) is 12.0 Å². The Bertz CT molecular complexity index is 863. The van der Waals surface area contributed by atoms with Crippen LogP contribution in [0.15, 0.2) is 48.5 Å². The smallest absolute Gasteiger partial charge is 0.254 e. The number of morpholine rings is 1. The fourth-order valence-electron chi connectivity index (χ4n) is 4.35. The Morgan fingerprint density at radius 3 is 2.55 bits per heavy atom. The number of benzene rings is 2. The number of nitrogens with zero attached hydrogens (tertiary/aromatic N) is 3. The maximum Gasteiger partial charge on any atom is 0.254 e. The molecule has 0 radical (unpaired) electrons. The van der Waals surface area contributed by atoms with Crippen molar-refractivity contribution in [1.29, 1.82) is 0 Å². The molecule has 2 aliphatic heterocycles. The molecule has 1 atom stereocenters. The number of hydrogen-bond donors (Lipinski definition) is 0. The summed E-state index contributed by atoms with van der Waals surface area (Å²) < 4.78 is 11.3. The van der Waals surface area contributed by atoms with Crippen LogP contribution in [0.5, 0.6) is 5.75 Å². The lowest BCUT2D eigenvalue weighted by Gasteiger charge is -2.39. The maximum atomic E-state index is 12.8. The molecule has 2 aromatic rings. The fraction of sp³-hybridized carbons (Fsp3) is 0.480. The van der Waals surface area contributed by atoms with E-state index in [1.54, 1.807) is 7.11 Å². The molecule has 2 aliphatic rings. The van der Waals surface area contributed by atoms with Gasteiger partial charge in [-0.3, -0.25) is 14.6 Å². The average molecular weight is 424 g/mol. The van der Waals surface area contributed by atoms with Gasteiger partial charge in [0.05, 0.1) is 19.8 Å². The van der Waals surface area contributed by atoms with E-state index in [4.69, 9.17) is 9.47 Å². The number of carbonyl (C=O) groups excluding carboxylic acids is 1. The van der Waals surface area contributed by atoms with E-state index in [9.17, 15) is 4.79 Å². The predicted octanol–water partition coefficient (Wildman–Crippen LogP) is 2.66. The third-order valence-electron chi connectivity index (χ3n) is 6.19. The Morgan fingerprint density at radius 2 is 1.81 bits per heavy atom. The second-order valence-corrected chi connectivity index (χ2v) is 8.54. The van der Waals surface area contributed by atoms with Crippen molar-refractivity contribution in [3.63, 3.8) is 0 Å². The van der Waals surface area contributed by atoms with Gasteiger partial charge in [-0.2, -0.15) is 0 Å². The van der Waals surface area contributed by atoms with E-state index in [1.807, 2.05) is 29.2 Å². The monoisotopic (exact) mass is 423 g/mol. The molecule has 2 heterocycles. The molecule has 4 rings (SSSR count). The molecular formula is C25H33N3O3. The van der Waals surface area contributed by atoms with Gasteiger partial charge in [-0.1, -0.05) is 35.9 Å². The van der Waals surface area contributed by atoms with Crippen LogP contribution < -0.4 is 4.74 Å². The van der Waals surface area contributed by atoms with Crippen molar-refractivity contribution in [1.82, 2.24) is 14.7 Å². The molecule has 2 aromatic carbocycles. The number of hydrogen-bond acceptors (Lipinski definition) is 5. The van der Waals surface area contributed by atoms with Gasteiger partial charge in [0, 0.05) is 57.9 Å². The van der Waals surface area contributed by atoms with Crippen LogP contribution in [0.25, 0.3) is 0 Å². The normalized spacial score (nSPS) is 20.6. The van der Waals surface area contributed by atoms with Crippen molar-refractivity contribution in [3.05, 3.63) is 65.2 Å². The first-order valence-electron chi connectivity index (χ1n) is 11.2. The minimum atomic E-state index is 0.0803. The lowest BCUT2D eigenvalue weighted by Crippen LogP contribution is -2.53. The molecule has 1 amide bonds. The summed E-state index contributed by atoms with van der Waals surface area (Å²) in [6.07, 6.45) is 0.222. The molecule has 0 aliphatic carbocycles. The van der Waals surface area contributed by atoms with Crippen LogP contribution in [0.4, 0.5) is 0 Å². The van der Waals surface area contributed by atoms with Gasteiger partial charge >= 0.3 is 0 Å². The van der Waals surface area contributed by atoms with Crippen molar-refractivity contribution < 1.29 is 14.3 Å². The fourth-order valence-corrected chi connectivity index (χ4v) is 4.35. The van der Waals surface area contributed by atoms with E-state index in [0.717, 1.165) is 59.0 Å². The summed E-state index contributed by atoms with van der Waals surface area (Å²) >= 11 is 0. The minimum absolute atomic E-state index is 0.0803. The predicted molar refractivity (Wildman–Crippen MR) is 122 cm³/mol. The van der Waals surface area contributed by atoms with E-state index in [2.05, 4.69) is 41.0 Å². The summed E-state index contributed by atoms with van der Waals surface area (Å²) in [5.74, 6) is 0.797. The van der Waals surface area contributed by atoms with Gasteiger partial charge in [0.25, 0.3) is 5.91 Å². The van der Waals surface area contributed by atoms with Gasteiger partial charge in [-0.05, 0) is 30.7 Å². The molecule has 0 saturated carbocycles. The molecule has 2 saturated heterocycles. The number of piperazine rings is 1. The SMILES string of the molecule is COc1cccc(C(=O)N2CCN(CC3CN(Cc4ccc(C)cc4)CCO3)CC2)c1. The van der Waals surface area contributed by atoms with Crippen molar-refractivity contribution in [3.8, 4) is 5.75 Å². The third-order valence-corrected chi connectivity index (χ3v) is 6.19. The molecule has 6 nitrogen and oxygen atoms in total. The Labute approximate surface area is 185 Å². The highest BCUT2D eigenvalue weighted by molar-refractivity contribution is 5.94. The van der Waals surface area contributed by atoms with Crippen LogP contribution in [0, 0.1) is 6.92 Å². The molecule has 166 valence electrons. The average Bonchev–Trinajstić information content (AvgIpc) is 2.81.